The Balaban J connectivity index is 1.48. The van der Waals surface area contributed by atoms with Crippen LogP contribution >= 0.6 is 0 Å². The summed E-state index contributed by atoms with van der Waals surface area (Å²) in [6.45, 7) is 8.55. The summed E-state index contributed by atoms with van der Waals surface area (Å²) in [6.07, 6.45) is 3.47. The molecule has 0 radical (unpaired) electrons. The number of benzene rings is 2. The van der Waals surface area contributed by atoms with E-state index in [2.05, 4.69) is 38.6 Å². The summed E-state index contributed by atoms with van der Waals surface area (Å²) < 4.78 is 0. The standard InChI is InChI=1S/C35H47N5O6/c1-24-14-26(18-36-20-32(41)42)34(45)28(16-24)22-39-10-3-4-11-40(13-9-31-7-5-6-30(38-31)8-12-39)23-29-17-25(2)15-27(35(29)46)19-37-21-33(43)44/h5-7,14-17,36-37,45-46H,3-4,8-13,18-23H2,1-2H3,(H,41,42)(H,43,44). The molecule has 0 aliphatic carbocycles. The number of carboxylic acid groups (broad SMARTS) is 2. The number of nitrogens with zero attached hydrogens (tertiary/aromatic N) is 3. The lowest BCUT2D eigenvalue weighted by atomic mass is 10.0. The molecule has 11 nitrogen and oxygen atoms in total. The van der Waals surface area contributed by atoms with Crippen LogP contribution in [0.5, 0.6) is 11.5 Å². The molecule has 0 fully saturated rings. The van der Waals surface area contributed by atoms with Crippen LogP contribution in [-0.4, -0.2) is 86.4 Å². The van der Waals surface area contributed by atoms with Gasteiger partial charge in [-0.25, -0.2) is 0 Å². The van der Waals surface area contributed by atoms with Gasteiger partial charge in [-0.05, 0) is 51.9 Å². The fourth-order valence-corrected chi connectivity index (χ4v) is 6.03. The van der Waals surface area contributed by atoms with Crippen molar-refractivity contribution in [1.29, 1.82) is 0 Å². The van der Waals surface area contributed by atoms with Gasteiger partial charge in [-0.3, -0.25) is 24.4 Å². The number of aromatic hydroxyl groups is 2. The van der Waals surface area contributed by atoms with Crippen LogP contribution in [0.2, 0.25) is 0 Å². The minimum Gasteiger partial charge on any atom is -0.507 e. The highest BCUT2D eigenvalue weighted by Crippen LogP contribution is 2.28. The van der Waals surface area contributed by atoms with Crippen molar-refractivity contribution in [3.8, 4) is 11.5 Å². The number of pyridine rings is 1. The second-order valence-electron chi connectivity index (χ2n) is 12.2. The molecule has 0 unspecified atom stereocenters. The number of carboxylic acids is 2. The minimum atomic E-state index is -0.940. The SMILES string of the molecule is Cc1cc(CNCC(=O)O)c(O)c(CN2CCCCN(Cc3cc(C)cc(CNCC(=O)O)c3O)CCc3cccc(n3)CC2)c1. The molecule has 46 heavy (non-hydrogen) atoms. The Kier molecular flexibility index (Phi) is 12.9. The molecule has 1 aliphatic rings. The van der Waals surface area contributed by atoms with Crippen LogP contribution in [0.4, 0.5) is 0 Å². The van der Waals surface area contributed by atoms with E-state index in [4.69, 9.17) is 15.2 Å². The van der Waals surface area contributed by atoms with Gasteiger partial charge >= 0.3 is 11.9 Å². The van der Waals surface area contributed by atoms with Crippen LogP contribution in [0.15, 0.2) is 42.5 Å². The first-order valence-electron chi connectivity index (χ1n) is 15.9. The van der Waals surface area contributed by atoms with Crippen molar-refractivity contribution < 1.29 is 30.0 Å². The van der Waals surface area contributed by atoms with Gasteiger partial charge < -0.3 is 31.1 Å². The third-order valence-electron chi connectivity index (χ3n) is 8.23. The maximum absolute atomic E-state index is 11.1. The van der Waals surface area contributed by atoms with Crippen LogP contribution in [0.3, 0.4) is 0 Å². The summed E-state index contributed by atoms with van der Waals surface area (Å²) in [4.78, 5) is 31.5. The summed E-state index contributed by atoms with van der Waals surface area (Å²) in [5.41, 5.74) is 7.09. The van der Waals surface area contributed by atoms with Crippen LogP contribution in [0.1, 0.15) is 57.6 Å². The second-order valence-corrected chi connectivity index (χ2v) is 12.2. The molecule has 2 heterocycles. The van der Waals surface area contributed by atoms with Crippen molar-refractivity contribution in [3.63, 3.8) is 0 Å². The van der Waals surface area contributed by atoms with E-state index in [1.165, 1.54) is 0 Å². The van der Waals surface area contributed by atoms with Crippen molar-refractivity contribution in [1.82, 2.24) is 25.4 Å². The summed E-state index contributed by atoms with van der Waals surface area (Å²) >= 11 is 0. The lowest BCUT2D eigenvalue weighted by molar-refractivity contribution is -0.137. The molecule has 4 rings (SSSR count). The quantitative estimate of drug-likeness (QED) is 0.174. The van der Waals surface area contributed by atoms with E-state index in [9.17, 15) is 19.8 Å². The molecule has 0 spiro atoms. The van der Waals surface area contributed by atoms with E-state index < -0.39 is 11.9 Å². The van der Waals surface area contributed by atoms with Crippen LogP contribution in [0, 0.1) is 13.8 Å². The Hall–Kier alpha value is -4.03. The highest BCUT2D eigenvalue weighted by Gasteiger charge is 2.17. The third-order valence-corrected chi connectivity index (χ3v) is 8.23. The average molecular weight is 634 g/mol. The molecule has 0 atom stereocenters. The third kappa shape index (κ3) is 10.8. The number of phenolic OH excluding ortho intramolecular Hbond substituents is 2. The van der Waals surface area contributed by atoms with Crippen LogP contribution in [-0.2, 0) is 48.6 Å². The highest BCUT2D eigenvalue weighted by atomic mass is 16.4. The summed E-state index contributed by atoms with van der Waals surface area (Å²) in [6, 6.07) is 13.9. The number of aryl methyl sites for hydroxylation is 2. The van der Waals surface area contributed by atoms with Gasteiger partial charge in [-0.2, -0.15) is 0 Å². The van der Waals surface area contributed by atoms with Gasteiger partial charge in [0.05, 0.1) is 13.1 Å². The zero-order valence-corrected chi connectivity index (χ0v) is 26.9. The van der Waals surface area contributed by atoms with Crippen molar-refractivity contribution >= 4 is 11.9 Å². The number of fused-ring (bicyclic) bond motifs is 2. The molecule has 1 aromatic heterocycles. The normalized spacial score (nSPS) is 15.1. The number of rotatable bonds is 12. The number of aliphatic carboxylic acids is 2. The molecule has 3 aromatic rings. The van der Waals surface area contributed by atoms with E-state index in [-0.39, 0.29) is 37.7 Å². The zero-order chi connectivity index (χ0) is 33.1. The number of hydrogen-bond acceptors (Lipinski definition) is 9. The van der Waals surface area contributed by atoms with Gasteiger partial charge in [-0.1, -0.05) is 41.5 Å². The number of aromatic nitrogens is 1. The number of phenols is 2. The van der Waals surface area contributed by atoms with Crippen molar-refractivity contribution in [2.75, 3.05) is 39.3 Å². The molecule has 2 aromatic carbocycles. The van der Waals surface area contributed by atoms with Crippen molar-refractivity contribution in [3.05, 3.63) is 87.2 Å². The van der Waals surface area contributed by atoms with Gasteiger partial charge in [0.25, 0.3) is 0 Å². The topological polar surface area (TPSA) is 158 Å². The smallest absolute Gasteiger partial charge is 0.317 e. The Morgan fingerprint density at radius 1 is 0.696 bits per heavy atom. The molecule has 11 heteroatoms. The van der Waals surface area contributed by atoms with E-state index in [1.54, 1.807) is 0 Å². The van der Waals surface area contributed by atoms with Gasteiger partial charge in [0, 0.05) is 85.8 Å². The van der Waals surface area contributed by atoms with Crippen LogP contribution in [0.25, 0.3) is 0 Å². The maximum atomic E-state index is 11.1. The molecule has 0 amide bonds. The number of nitrogens with one attached hydrogen (secondary N) is 2. The van der Waals surface area contributed by atoms with E-state index in [0.717, 1.165) is 85.5 Å². The van der Waals surface area contributed by atoms with Crippen molar-refractivity contribution in [2.24, 2.45) is 0 Å². The molecular formula is C35H47N5O6. The fraction of sp³-hybridized carbons (Fsp3) is 0.457. The Labute approximate surface area is 270 Å². The van der Waals surface area contributed by atoms with Crippen LogP contribution < -0.4 is 10.6 Å². The largest absolute Gasteiger partial charge is 0.507 e. The first-order valence-corrected chi connectivity index (χ1v) is 15.9. The number of carbonyl (C=O) groups is 2. The van der Waals surface area contributed by atoms with Gasteiger partial charge in [0.2, 0.25) is 0 Å². The van der Waals surface area contributed by atoms with E-state index >= 15 is 0 Å². The molecule has 2 bridgehead atoms. The van der Waals surface area contributed by atoms with Gasteiger partial charge in [0.15, 0.2) is 0 Å². The maximum Gasteiger partial charge on any atom is 0.317 e. The minimum absolute atomic E-state index is 0.174. The Bertz CT molecular complexity index is 1390. The van der Waals surface area contributed by atoms with Gasteiger partial charge in [-0.15, -0.1) is 0 Å². The molecule has 1 aliphatic heterocycles. The molecule has 6 N–H and O–H groups in total. The molecule has 0 saturated carbocycles. The monoisotopic (exact) mass is 633 g/mol. The molecule has 248 valence electrons. The predicted octanol–water partition coefficient (Wildman–Crippen LogP) is 3.34. The van der Waals surface area contributed by atoms with Gasteiger partial charge in [0.1, 0.15) is 11.5 Å². The average Bonchev–Trinajstić information content (AvgIpc) is 3.01. The Morgan fingerprint density at radius 2 is 1.11 bits per heavy atom. The Morgan fingerprint density at radius 3 is 1.52 bits per heavy atom. The first-order chi connectivity index (χ1) is 22.1. The summed E-state index contributed by atoms with van der Waals surface area (Å²) in [5.74, 6) is -1.48. The lowest BCUT2D eigenvalue weighted by Gasteiger charge is -2.25. The van der Waals surface area contributed by atoms with E-state index in [1.807, 2.05) is 38.1 Å². The second kappa shape index (κ2) is 17.0. The fourth-order valence-electron chi connectivity index (χ4n) is 6.03. The summed E-state index contributed by atoms with van der Waals surface area (Å²) in [7, 11) is 0. The number of hydrogen-bond donors (Lipinski definition) is 6. The predicted molar refractivity (Wildman–Crippen MR) is 176 cm³/mol. The zero-order valence-electron chi connectivity index (χ0n) is 26.9. The summed E-state index contributed by atoms with van der Waals surface area (Å²) in [5, 5.41) is 45.9. The first kappa shape index (κ1) is 34.8. The highest BCUT2D eigenvalue weighted by molar-refractivity contribution is 5.69. The van der Waals surface area contributed by atoms with Crippen molar-refractivity contribution in [2.45, 2.75) is 65.7 Å². The molecule has 0 saturated heterocycles. The van der Waals surface area contributed by atoms with E-state index in [0.29, 0.717) is 24.2 Å². The molecular weight excluding hydrogens is 586 g/mol. The lowest BCUT2D eigenvalue weighted by Crippen LogP contribution is -2.29.